The summed E-state index contributed by atoms with van der Waals surface area (Å²) < 4.78 is 46.2. The summed E-state index contributed by atoms with van der Waals surface area (Å²) in [5.41, 5.74) is -0.898. The minimum atomic E-state index is -1.26. The van der Waals surface area contributed by atoms with Crippen molar-refractivity contribution in [2.75, 3.05) is 14.1 Å². The third-order valence-electron chi connectivity index (χ3n) is 2.93. The fraction of sp³-hybridized carbons (Fsp3) is 0.308. The minimum absolute atomic E-state index is 0.0983. The second-order valence-corrected chi connectivity index (χ2v) is 5.36. The number of benzene rings is 1. The van der Waals surface area contributed by atoms with Crippen LogP contribution in [0, 0.1) is 24.4 Å². The van der Waals surface area contributed by atoms with E-state index in [-0.39, 0.29) is 17.0 Å². The number of ketones is 1. The van der Waals surface area contributed by atoms with Crippen LogP contribution in [0.25, 0.3) is 5.57 Å². The molecule has 1 atom stereocenters. The predicted molar refractivity (Wildman–Crippen MR) is 70.5 cm³/mol. The van der Waals surface area contributed by atoms with E-state index in [9.17, 15) is 18.0 Å². The molecule has 108 valence electrons. The highest BCUT2D eigenvalue weighted by molar-refractivity contribution is 9.09. The molecule has 7 heteroatoms. The van der Waals surface area contributed by atoms with Crippen LogP contribution >= 0.6 is 15.9 Å². The summed E-state index contributed by atoms with van der Waals surface area (Å²) in [6, 6.07) is 0.669. The zero-order valence-electron chi connectivity index (χ0n) is 10.9. The van der Waals surface area contributed by atoms with Gasteiger partial charge in [0.15, 0.2) is 11.6 Å². The Hall–Kier alpha value is -1.50. The van der Waals surface area contributed by atoms with Crippen molar-refractivity contribution < 1.29 is 22.7 Å². The molecule has 1 aromatic rings. The van der Waals surface area contributed by atoms with Gasteiger partial charge in [0.2, 0.25) is 16.7 Å². The number of nitrogens with zero attached hydrogens (tertiary/aromatic N) is 1. The summed E-state index contributed by atoms with van der Waals surface area (Å²) in [6.07, 6.45) is 0. The van der Waals surface area contributed by atoms with E-state index in [2.05, 4.69) is 15.9 Å². The lowest BCUT2D eigenvalue weighted by Crippen LogP contribution is -2.13. The zero-order chi connectivity index (χ0) is 15.2. The Morgan fingerprint density at radius 3 is 2.40 bits per heavy atom. The lowest BCUT2D eigenvalue weighted by Gasteiger charge is -2.15. The van der Waals surface area contributed by atoms with E-state index in [1.807, 2.05) is 0 Å². The Morgan fingerprint density at radius 2 is 1.85 bits per heavy atom. The lowest BCUT2D eigenvalue weighted by atomic mass is 9.99. The molecule has 0 spiro atoms. The van der Waals surface area contributed by atoms with E-state index >= 15 is 0 Å². The first-order chi connectivity index (χ1) is 9.25. The molecular weight excluding hydrogens is 339 g/mol. The highest BCUT2D eigenvalue weighted by Gasteiger charge is 2.37. The van der Waals surface area contributed by atoms with Gasteiger partial charge >= 0.3 is 0 Å². The SMILES string of the molecule is Cc1c(F)c(F)cc(C2=C(N(C)C)OC(Br)C2=O)c1F. The molecule has 0 saturated carbocycles. The molecule has 2 rings (SSSR count). The van der Waals surface area contributed by atoms with Crippen LogP contribution in [0.3, 0.4) is 0 Å². The van der Waals surface area contributed by atoms with Gasteiger partial charge in [-0.05, 0) is 28.9 Å². The van der Waals surface area contributed by atoms with Crippen LogP contribution in [0.1, 0.15) is 11.1 Å². The summed E-state index contributed by atoms with van der Waals surface area (Å²) in [6.45, 7) is 1.11. The van der Waals surface area contributed by atoms with E-state index < -0.39 is 33.8 Å². The zero-order valence-corrected chi connectivity index (χ0v) is 12.5. The first kappa shape index (κ1) is 14.9. The van der Waals surface area contributed by atoms with Crippen LogP contribution in [0.5, 0.6) is 0 Å². The maximum absolute atomic E-state index is 14.1. The van der Waals surface area contributed by atoms with E-state index in [0.717, 1.165) is 6.92 Å². The lowest BCUT2D eigenvalue weighted by molar-refractivity contribution is -0.116. The van der Waals surface area contributed by atoms with Crippen LogP contribution < -0.4 is 0 Å². The summed E-state index contributed by atoms with van der Waals surface area (Å²) >= 11 is 3.00. The van der Waals surface area contributed by atoms with E-state index in [4.69, 9.17) is 4.74 Å². The number of carbonyl (C=O) groups is 1. The molecule has 3 nitrogen and oxygen atoms in total. The fourth-order valence-corrected chi connectivity index (χ4v) is 2.33. The normalized spacial score (nSPS) is 18.6. The smallest absolute Gasteiger partial charge is 0.220 e. The van der Waals surface area contributed by atoms with Crippen LogP contribution in [-0.2, 0) is 9.53 Å². The van der Waals surface area contributed by atoms with Crippen molar-refractivity contribution in [1.82, 2.24) is 4.90 Å². The molecule has 1 aliphatic heterocycles. The van der Waals surface area contributed by atoms with Gasteiger partial charge in [-0.1, -0.05) is 0 Å². The van der Waals surface area contributed by atoms with Gasteiger partial charge in [0.05, 0.1) is 5.57 Å². The van der Waals surface area contributed by atoms with Gasteiger partial charge in [-0.3, -0.25) is 4.79 Å². The molecule has 1 aliphatic rings. The Kier molecular flexibility index (Phi) is 3.82. The Bertz CT molecular complexity index is 629. The Balaban J connectivity index is 2.72. The summed E-state index contributed by atoms with van der Waals surface area (Å²) in [5.74, 6) is -3.90. The molecule has 1 aromatic carbocycles. The second-order valence-electron chi connectivity index (χ2n) is 4.53. The molecule has 0 N–H and O–H groups in total. The molecule has 0 amide bonds. The number of rotatable bonds is 2. The first-order valence-corrected chi connectivity index (χ1v) is 6.58. The topological polar surface area (TPSA) is 29.5 Å². The number of hydrogen-bond donors (Lipinski definition) is 0. The molecule has 0 aromatic heterocycles. The third kappa shape index (κ3) is 2.19. The van der Waals surface area contributed by atoms with E-state index in [1.165, 1.54) is 4.90 Å². The molecule has 0 saturated heterocycles. The van der Waals surface area contributed by atoms with Gasteiger partial charge in [0, 0.05) is 25.2 Å². The second kappa shape index (κ2) is 5.12. The molecule has 0 fully saturated rings. The highest BCUT2D eigenvalue weighted by atomic mass is 79.9. The van der Waals surface area contributed by atoms with Crippen molar-refractivity contribution in [3.8, 4) is 0 Å². The fourth-order valence-electron chi connectivity index (χ4n) is 1.92. The number of carbonyl (C=O) groups excluding carboxylic acids is 1. The van der Waals surface area contributed by atoms with Crippen molar-refractivity contribution in [3.63, 3.8) is 0 Å². The van der Waals surface area contributed by atoms with Crippen LogP contribution in [-0.4, -0.2) is 29.8 Å². The Labute approximate surface area is 122 Å². The summed E-state index contributed by atoms with van der Waals surface area (Å²) in [5, 5.41) is -0.970. The van der Waals surface area contributed by atoms with Crippen molar-refractivity contribution in [2.45, 2.75) is 11.9 Å². The molecule has 20 heavy (non-hydrogen) atoms. The number of alkyl halides is 1. The standard InChI is InChI=1S/C13H11BrF3NO2/c1-5-9(16)6(4-7(15)10(5)17)8-11(19)12(14)20-13(8)18(2)3/h4,12H,1-3H3. The van der Waals surface area contributed by atoms with Crippen molar-refractivity contribution in [1.29, 1.82) is 0 Å². The van der Waals surface area contributed by atoms with Crippen molar-refractivity contribution in [2.24, 2.45) is 0 Å². The number of Topliss-reactive ketones (excluding diaryl/α,β-unsaturated/α-hetero) is 1. The van der Waals surface area contributed by atoms with Gasteiger partial charge in [0.1, 0.15) is 5.82 Å². The monoisotopic (exact) mass is 349 g/mol. The largest absolute Gasteiger partial charge is 0.455 e. The van der Waals surface area contributed by atoms with Crippen molar-refractivity contribution >= 4 is 27.3 Å². The maximum Gasteiger partial charge on any atom is 0.220 e. The average molecular weight is 350 g/mol. The number of halogens is 4. The Morgan fingerprint density at radius 1 is 1.25 bits per heavy atom. The van der Waals surface area contributed by atoms with Crippen molar-refractivity contribution in [3.05, 3.63) is 40.5 Å². The van der Waals surface area contributed by atoms with Gasteiger partial charge in [-0.2, -0.15) is 0 Å². The molecule has 0 aliphatic carbocycles. The molecule has 1 unspecified atom stereocenters. The highest BCUT2D eigenvalue weighted by Crippen LogP contribution is 2.36. The first-order valence-electron chi connectivity index (χ1n) is 5.66. The summed E-state index contributed by atoms with van der Waals surface area (Å²) in [7, 11) is 3.19. The van der Waals surface area contributed by atoms with Crippen LogP contribution in [0.4, 0.5) is 13.2 Å². The van der Waals surface area contributed by atoms with Gasteiger partial charge in [0.25, 0.3) is 0 Å². The molecular formula is C13H11BrF3NO2. The maximum atomic E-state index is 14.1. The number of ether oxygens (including phenoxy) is 1. The predicted octanol–water partition coefficient (Wildman–Crippen LogP) is 2.96. The quantitative estimate of drug-likeness (QED) is 0.607. The molecule has 0 bridgehead atoms. The summed E-state index contributed by atoms with van der Waals surface area (Å²) in [4.78, 5) is 13.5. The minimum Gasteiger partial charge on any atom is -0.455 e. The van der Waals surface area contributed by atoms with Gasteiger partial charge in [-0.15, -0.1) is 0 Å². The number of hydrogen-bond acceptors (Lipinski definition) is 3. The van der Waals surface area contributed by atoms with E-state index in [0.29, 0.717) is 6.07 Å². The van der Waals surface area contributed by atoms with Gasteiger partial charge in [-0.25, -0.2) is 13.2 Å². The third-order valence-corrected chi connectivity index (χ3v) is 3.54. The van der Waals surface area contributed by atoms with Crippen LogP contribution in [0.2, 0.25) is 0 Å². The molecule has 0 radical (unpaired) electrons. The van der Waals surface area contributed by atoms with Gasteiger partial charge < -0.3 is 9.64 Å². The average Bonchev–Trinajstić information content (AvgIpc) is 2.68. The molecule has 1 heterocycles. The van der Waals surface area contributed by atoms with Crippen LogP contribution in [0.15, 0.2) is 11.9 Å². The van der Waals surface area contributed by atoms with E-state index in [1.54, 1.807) is 14.1 Å².